The van der Waals surface area contributed by atoms with E-state index in [1.807, 2.05) is 29.2 Å². The molecule has 0 radical (unpaired) electrons. The van der Waals surface area contributed by atoms with Crippen LogP contribution in [0.1, 0.15) is 28.8 Å². The van der Waals surface area contributed by atoms with Crippen molar-refractivity contribution in [2.24, 2.45) is 0 Å². The Morgan fingerprint density at radius 3 is 2.42 bits per heavy atom. The summed E-state index contributed by atoms with van der Waals surface area (Å²) in [7, 11) is 2.09. The molecule has 9 heteroatoms. The van der Waals surface area contributed by atoms with Crippen molar-refractivity contribution in [3.63, 3.8) is 0 Å². The first-order chi connectivity index (χ1) is 18.6. The van der Waals surface area contributed by atoms with Crippen molar-refractivity contribution in [3.8, 4) is 11.4 Å². The molecule has 2 N–H and O–H groups in total. The number of piperidine rings is 1. The van der Waals surface area contributed by atoms with Crippen LogP contribution in [0.3, 0.4) is 0 Å². The number of nitrogens with zero attached hydrogens (tertiary/aromatic N) is 6. The molecule has 38 heavy (non-hydrogen) atoms. The average Bonchev–Trinajstić information content (AvgIpc) is 3.44. The van der Waals surface area contributed by atoms with E-state index in [1.165, 1.54) is 5.56 Å². The van der Waals surface area contributed by atoms with Gasteiger partial charge in [-0.05, 0) is 37.6 Å². The molecule has 6 rings (SSSR count). The third kappa shape index (κ3) is 5.39. The van der Waals surface area contributed by atoms with Crippen molar-refractivity contribution in [2.75, 3.05) is 51.6 Å². The van der Waals surface area contributed by atoms with Crippen LogP contribution in [0.5, 0.6) is 0 Å². The zero-order valence-electron chi connectivity index (χ0n) is 21.8. The molecule has 2 aromatic carbocycles. The Morgan fingerprint density at radius 2 is 1.68 bits per heavy atom. The highest BCUT2D eigenvalue weighted by atomic mass is 16.2. The highest BCUT2D eigenvalue weighted by molar-refractivity contribution is 5.95. The number of imidazole rings is 1. The number of piperazine rings is 1. The number of fused-ring (bicyclic) bond motifs is 1. The molecule has 0 unspecified atom stereocenters. The normalized spacial score (nSPS) is 17.7. The molecule has 2 aliphatic rings. The SMILES string of the molecule is CN1CCN(C(=O)c2ccc(-c3nc(NC4CCN(Cc5ccccc5)CC4)c4[nH]cnc4n3)cc2)CC1. The molecule has 0 saturated carbocycles. The number of carbonyl (C=O) groups is 1. The molecule has 2 aromatic heterocycles. The Morgan fingerprint density at radius 1 is 0.947 bits per heavy atom. The number of likely N-dealkylation sites (N-methyl/N-ethyl adjacent to an activating group) is 1. The number of likely N-dealkylation sites (tertiary alicyclic amines) is 1. The van der Waals surface area contributed by atoms with Gasteiger partial charge in [0.05, 0.1) is 6.33 Å². The van der Waals surface area contributed by atoms with Crippen molar-refractivity contribution in [2.45, 2.75) is 25.4 Å². The lowest BCUT2D eigenvalue weighted by atomic mass is 10.0. The first-order valence-electron chi connectivity index (χ1n) is 13.4. The molecule has 0 spiro atoms. The highest BCUT2D eigenvalue weighted by Crippen LogP contribution is 2.26. The summed E-state index contributed by atoms with van der Waals surface area (Å²) in [5, 5.41) is 3.67. The zero-order valence-corrected chi connectivity index (χ0v) is 21.8. The second-order valence-corrected chi connectivity index (χ2v) is 10.4. The first-order valence-corrected chi connectivity index (χ1v) is 13.4. The van der Waals surface area contributed by atoms with Gasteiger partial charge in [0.2, 0.25) is 0 Å². The number of aromatic amines is 1. The van der Waals surface area contributed by atoms with Gasteiger partial charge < -0.3 is 20.1 Å². The van der Waals surface area contributed by atoms with Gasteiger partial charge >= 0.3 is 0 Å². The molecule has 0 bridgehead atoms. The number of H-pyrrole nitrogens is 1. The first kappa shape index (κ1) is 24.5. The molecule has 9 nitrogen and oxygen atoms in total. The van der Waals surface area contributed by atoms with E-state index in [1.54, 1.807) is 6.33 Å². The van der Waals surface area contributed by atoms with Crippen molar-refractivity contribution < 1.29 is 4.79 Å². The van der Waals surface area contributed by atoms with Crippen LogP contribution in [0.4, 0.5) is 5.82 Å². The third-order valence-corrected chi connectivity index (χ3v) is 7.64. The maximum Gasteiger partial charge on any atom is 0.253 e. The lowest BCUT2D eigenvalue weighted by Gasteiger charge is -2.32. The van der Waals surface area contributed by atoms with Crippen LogP contribution in [0.25, 0.3) is 22.6 Å². The summed E-state index contributed by atoms with van der Waals surface area (Å²) in [5.41, 5.74) is 4.37. The summed E-state index contributed by atoms with van der Waals surface area (Å²) in [6.45, 7) is 6.40. The lowest BCUT2D eigenvalue weighted by molar-refractivity contribution is 0.0664. The second-order valence-electron chi connectivity index (χ2n) is 10.4. The minimum atomic E-state index is 0.0780. The summed E-state index contributed by atoms with van der Waals surface area (Å²) in [6.07, 6.45) is 3.75. The lowest BCUT2D eigenvalue weighted by Crippen LogP contribution is -2.47. The van der Waals surface area contributed by atoms with Gasteiger partial charge in [0.15, 0.2) is 17.3 Å². The molecular weight excluding hydrogens is 476 g/mol. The van der Waals surface area contributed by atoms with Crippen molar-refractivity contribution >= 4 is 22.9 Å². The zero-order chi connectivity index (χ0) is 25.9. The molecule has 1 amide bonds. The van der Waals surface area contributed by atoms with Gasteiger partial charge in [-0.3, -0.25) is 9.69 Å². The van der Waals surface area contributed by atoms with Crippen LogP contribution in [0, 0.1) is 0 Å². The molecule has 0 aliphatic carbocycles. The molecule has 196 valence electrons. The fourth-order valence-corrected chi connectivity index (χ4v) is 5.29. The predicted octanol–water partition coefficient (Wildman–Crippen LogP) is 3.48. The van der Waals surface area contributed by atoms with Crippen LogP contribution in [0.2, 0.25) is 0 Å². The minimum Gasteiger partial charge on any atom is -0.365 e. The second kappa shape index (κ2) is 10.9. The number of aromatic nitrogens is 4. The number of nitrogens with one attached hydrogen (secondary N) is 2. The van der Waals surface area contributed by atoms with E-state index in [4.69, 9.17) is 4.98 Å². The maximum absolute atomic E-state index is 12.9. The monoisotopic (exact) mass is 510 g/mol. The molecule has 0 atom stereocenters. The molecular formula is C29H34N8O. The van der Waals surface area contributed by atoms with Gasteiger partial charge in [-0.1, -0.05) is 42.5 Å². The van der Waals surface area contributed by atoms with Crippen molar-refractivity contribution in [3.05, 3.63) is 72.1 Å². The van der Waals surface area contributed by atoms with E-state index in [-0.39, 0.29) is 5.91 Å². The fourth-order valence-electron chi connectivity index (χ4n) is 5.29. The number of benzene rings is 2. The summed E-state index contributed by atoms with van der Waals surface area (Å²) < 4.78 is 0. The smallest absolute Gasteiger partial charge is 0.253 e. The van der Waals surface area contributed by atoms with Gasteiger partial charge in [-0.15, -0.1) is 0 Å². The topological polar surface area (TPSA) is 93.3 Å². The van der Waals surface area contributed by atoms with Gasteiger partial charge in [0.1, 0.15) is 5.52 Å². The van der Waals surface area contributed by atoms with Crippen molar-refractivity contribution in [1.82, 2.24) is 34.6 Å². The standard InChI is InChI=1S/C29H34N8O/c1-35-15-17-37(18-16-35)29(38)23-9-7-22(8-10-23)26-33-27-25(30-20-31-27)28(34-26)32-24-11-13-36(14-12-24)19-21-5-3-2-4-6-21/h2-10,20,24H,11-19H2,1H3,(H2,30,31,32,33,34). The summed E-state index contributed by atoms with van der Waals surface area (Å²) in [6, 6.07) is 18.6. The van der Waals surface area contributed by atoms with Crippen molar-refractivity contribution in [1.29, 1.82) is 0 Å². The molecule has 2 fully saturated rings. The number of hydrogen-bond acceptors (Lipinski definition) is 7. The fraction of sp³-hybridized carbons (Fsp3) is 0.379. The summed E-state index contributed by atoms with van der Waals surface area (Å²) in [5.74, 6) is 1.46. The Hall–Kier alpha value is -3.82. The molecule has 4 aromatic rings. The number of amides is 1. The Labute approximate surface area is 222 Å². The maximum atomic E-state index is 12.9. The number of hydrogen-bond donors (Lipinski definition) is 2. The van der Waals surface area contributed by atoms with E-state index in [0.29, 0.717) is 23.1 Å². The highest BCUT2D eigenvalue weighted by Gasteiger charge is 2.23. The molecule has 2 saturated heterocycles. The van der Waals surface area contributed by atoms with Gasteiger partial charge in [-0.2, -0.15) is 0 Å². The van der Waals surface area contributed by atoms with E-state index >= 15 is 0 Å². The summed E-state index contributed by atoms with van der Waals surface area (Å²) in [4.78, 5) is 36.8. The Bertz CT molecular complexity index is 1370. The van der Waals surface area contributed by atoms with Crippen LogP contribution in [-0.2, 0) is 6.54 Å². The van der Waals surface area contributed by atoms with Gasteiger partial charge in [-0.25, -0.2) is 15.0 Å². The predicted molar refractivity (Wildman–Crippen MR) is 149 cm³/mol. The van der Waals surface area contributed by atoms with Crippen LogP contribution in [0.15, 0.2) is 60.9 Å². The van der Waals surface area contributed by atoms with Gasteiger partial charge in [0, 0.05) is 63.0 Å². The number of anilines is 1. The van der Waals surface area contributed by atoms with E-state index in [9.17, 15) is 4.79 Å². The van der Waals surface area contributed by atoms with Crippen LogP contribution < -0.4 is 5.32 Å². The third-order valence-electron chi connectivity index (χ3n) is 7.64. The summed E-state index contributed by atoms with van der Waals surface area (Å²) >= 11 is 0. The molecule has 2 aliphatic heterocycles. The quantitative estimate of drug-likeness (QED) is 0.410. The largest absolute Gasteiger partial charge is 0.365 e. The van der Waals surface area contributed by atoms with E-state index in [0.717, 1.165) is 75.6 Å². The van der Waals surface area contributed by atoms with Gasteiger partial charge in [0.25, 0.3) is 5.91 Å². The minimum absolute atomic E-state index is 0.0780. The average molecular weight is 511 g/mol. The number of rotatable bonds is 6. The van der Waals surface area contributed by atoms with Crippen LogP contribution >= 0.6 is 0 Å². The number of carbonyl (C=O) groups excluding carboxylic acids is 1. The van der Waals surface area contributed by atoms with Crippen LogP contribution in [-0.4, -0.2) is 92.9 Å². The Kier molecular flexibility index (Phi) is 7.02. The van der Waals surface area contributed by atoms with E-state index < -0.39 is 0 Å². The van der Waals surface area contributed by atoms with E-state index in [2.05, 4.69) is 67.4 Å². The molecule has 4 heterocycles. The Balaban J connectivity index is 1.14.